The first-order valence-corrected chi connectivity index (χ1v) is 2.89. The molecule has 0 unspecified atom stereocenters. The summed E-state index contributed by atoms with van der Waals surface area (Å²) < 4.78 is 0. The van der Waals surface area contributed by atoms with Crippen LogP contribution >= 0.6 is 0 Å². The second-order valence-electron chi connectivity index (χ2n) is 1.69. The Kier molecular flexibility index (Phi) is 5.93. The van der Waals surface area contributed by atoms with Gasteiger partial charge in [-0.2, -0.15) is 0 Å². The molecule has 0 aromatic carbocycles. The summed E-state index contributed by atoms with van der Waals surface area (Å²) >= 11 is 0. The van der Waals surface area contributed by atoms with E-state index in [2.05, 4.69) is 13.3 Å². The van der Waals surface area contributed by atoms with E-state index in [0.29, 0.717) is 0 Å². The van der Waals surface area contributed by atoms with Crippen molar-refractivity contribution in [3.8, 4) is 0 Å². The van der Waals surface area contributed by atoms with Gasteiger partial charge >= 0.3 is 0 Å². The Labute approximate surface area is 45.9 Å². The molecule has 0 heterocycles. The molecule has 0 saturated carbocycles. The summed E-state index contributed by atoms with van der Waals surface area (Å²) in [5, 5.41) is 0. The van der Waals surface area contributed by atoms with E-state index in [1.807, 2.05) is 0 Å². The van der Waals surface area contributed by atoms with E-state index in [1.165, 1.54) is 19.3 Å². The zero-order valence-corrected chi connectivity index (χ0v) is 4.98. The van der Waals surface area contributed by atoms with Crippen molar-refractivity contribution in [2.45, 2.75) is 26.2 Å². The topological polar surface area (TPSA) is 26.0 Å². The van der Waals surface area contributed by atoms with Gasteiger partial charge in [0.15, 0.2) is 0 Å². The highest BCUT2D eigenvalue weighted by Crippen LogP contribution is 1.94. The summed E-state index contributed by atoms with van der Waals surface area (Å²) in [5.74, 6) is 0. The van der Waals surface area contributed by atoms with E-state index in [0.717, 1.165) is 6.54 Å². The van der Waals surface area contributed by atoms with Crippen molar-refractivity contribution in [1.29, 1.82) is 0 Å². The first kappa shape index (κ1) is 6.96. The summed E-state index contributed by atoms with van der Waals surface area (Å²) in [6.07, 6.45) is 5.82. The van der Waals surface area contributed by atoms with E-state index in [4.69, 9.17) is 5.73 Å². The first-order chi connectivity index (χ1) is 3.41. The molecule has 0 fully saturated rings. The molecule has 1 nitrogen and oxygen atoms in total. The number of nitrogens with two attached hydrogens (primary N) is 1. The lowest BCUT2D eigenvalue weighted by Gasteiger charge is -1.90. The molecule has 2 N–H and O–H groups in total. The van der Waals surface area contributed by atoms with Gasteiger partial charge in [-0.15, -0.1) is 0 Å². The highest BCUT2D eigenvalue weighted by molar-refractivity contribution is 4.54. The smallest absolute Gasteiger partial charge is 0.00773 e. The van der Waals surface area contributed by atoms with Crippen LogP contribution in [0.2, 0.25) is 0 Å². The van der Waals surface area contributed by atoms with Gasteiger partial charge in [0, 0.05) is 0 Å². The highest BCUT2D eigenvalue weighted by Gasteiger charge is 1.80. The molecule has 0 amide bonds. The van der Waals surface area contributed by atoms with Gasteiger partial charge in [-0.25, -0.2) is 0 Å². The van der Waals surface area contributed by atoms with Gasteiger partial charge in [-0.05, 0) is 19.4 Å². The molecule has 0 aromatic rings. The van der Waals surface area contributed by atoms with E-state index in [-0.39, 0.29) is 0 Å². The Morgan fingerprint density at radius 2 is 2.14 bits per heavy atom. The molecular formula is C6H14N. The van der Waals surface area contributed by atoms with Crippen LogP contribution in [0.4, 0.5) is 0 Å². The molecule has 0 rings (SSSR count). The fraction of sp³-hybridized carbons (Fsp3) is 0.833. The lowest BCUT2D eigenvalue weighted by Crippen LogP contribution is -1.97. The van der Waals surface area contributed by atoms with Crippen molar-refractivity contribution >= 4 is 0 Å². The fourth-order valence-electron chi connectivity index (χ4n) is 0.493. The van der Waals surface area contributed by atoms with E-state index in [9.17, 15) is 0 Å². The largest absolute Gasteiger partial charge is 0.330 e. The Bertz CT molecular complexity index is 23.4. The minimum atomic E-state index is 0.841. The molecular weight excluding hydrogens is 86.1 g/mol. The van der Waals surface area contributed by atoms with Crippen molar-refractivity contribution in [1.82, 2.24) is 0 Å². The molecule has 7 heavy (non-hydrogen) atoms. The van der Waals surface area contributed by atoms with E-state index < -0.39 is 0 Å². The lowest BCUT2D eigenvalue weighted by atomic mass is 10.2. The quantitative estimate of drug-likeness (QED) is 0.530. The molecule has 0 saturated heterocycles. The number of rotatable bonds is 4. The highest BCUT2D eigenvalue weighted by atomic mass is 14.5. The van der Waals surface area contributed by atoms with Crippen molar-refractivity contribution < 1.29 is 0 Å². The maximum Gasteiger partial charge on any atom is -0.00773 e. The molecule has 0 aliphatic rings. The van der Waals surface area contributed by atoms with Crippen LogP contribution in [0.15, 0.2) is 0 Å². The third-order valence-electron chi connectivity index (χ3n) is 0.947. The van der Waals surface area contributed by atoms with Crippen LogP contribution in [-0.4, -0.2) is 6.54 Å². The summed E-state index contributed by atoms with van der Waals surface area (Å²) in [4.78, 5) is 0. The maximum atomic E-state index is 5.26. The van der Waals surface area contributed by atoms with Crippen molar-refractivity contribution in [3.63, 3.8) is 0 Å². The molecule has 0 aliphatic heterocycles. The molecule has 0 aromatic heterocycles. The number of hydrogen-bond donors (Lipinski definition) is 1. The van der Waals surface area contributed by atoms with Crippen molar-refractivity contribution in [2.75, 3.05) is 6.54 Å². The predicted octanol–water partition coefficient (Wildman–Crippen LogP) is 1.34. The molecule has 1 heteroatoms. The minimum absolute atomic E-state index is 0.841. The Balaban J connectivity index is 2.45. The predicted molar refractivity (Wildman–Crippen MR) is 32.9 cm³/mol. The molecule has 43 valence electrons. The maximum absolute atomic E-state index is 5.26. The summed E-state index contributed by atoms with van der Waals surface area (Å²) in [6, 6.07) is 0. The van der Waals surface area contributed by atoms with Crippen LogP contribution in [0.1, 0.15) is 26.2 Å². The molecule has 1 radical (unpaired) electrons. The third kappa shape index (κ3) is 5.96. The SMILES string of the molecule is C[CH]CCCCN. The third-order valence-corrected chi connectivity index (χ3v) is 0.947. The van der Waals surface area contributed by atoms with E-state index >= 15 is 0 Å². The van der Waals surface area contributed by atoms with Crippen LogP contribution in [0.3, 0.4) is 0 Å². The first-order valence-electron chi connectivity index (χ1n) is 2.89. The summed E-state index contributed by atoms with van der Waals surface area (Å²) in [7, 11) is 0. The Morgan fingerprint density at radius 3 is 2.57 bits per heavy atom. The summed E-state index contributed by atoms with van der Waals surface area (Å²) in [6.45, 7) is 2.92. The average molecular weight is 100 g/mol. The van der Waals surface area contributed by atoms with Crippen LogP contribution in [0, 0.1) is 6.42 Å². The van der Waals surface area contributed by atoms with Crippen LogP contribution in [0.25, 0.3) is 0 Å². The average Bonchev–Trinajstić information content (AvgIpc) is 1.69. The Hall–Kier alpha value is -0.0400. The van der Waals surface area contributed by atoms with Gasteiger partial charge in [-0.1, -0.05) is 19.8 Å². The van der Waals surface area contributed by atoms with Gasteiger partial charge in [0.2, 0.25) is 0 Å². The van der Waals surface area contributed by atoms with E-state index in [1.54, 1.807) is 0 Å². The summed E-state index contributed by atoms with van der Waals surface area (Å²) in [5.41, 5.74) is 5.26. The molecule has 0 bridgehead atoms. The van der Waals surface area contributed by atoms with Gasteiger partial charge in [0.25, 0.3) is 0 Å². The van der Waals surface area contributed by atoms with Crippen LogP contribution in [0.5, 0.6) is 0 Å². The molecule has 0 atom stereocenters. The van der Waals surface area contributed by atoms with Gasteiger partial charge in [0.05, 0.1) is 0 Å². The van der Waals surface area contributed by atoms with Crippen molar-refractivity contribution in [3.05, 3.63) is 6.42 Å². The number of hydrogen-bond acceptors (Lipinski definition) is 1. The lowest BCUT2D eigenvalue weighted by molar-refractivity contribution is 0.737. The second-order valence-corrected chi connectivity index (χ2v) is 1.69. The zero-order valence-electron chi connectivity index (χ0n) is 4.98. The second kappa shape index (κ2) is 5.96. The minimum Gasteiger partial charge on any atom is -0.330 e. The van der Waals surface area contributed by atoms with Crippen LogP contribution in [-0.2, 0) is 0 Å². The van der Waals surface area contributed by atoms with Gasteiger partial charge in [0.1, 0.15) is 0 Å². The number of unbranched alkanes of at least 4 members (excludes halogenated alkanes) is 3. The Morgan fingerprint density at radius 1 is 1.43 bits per heavy atom. The van der Waals surface area contributed by atoms with Crippen molar-refractivity contribution in [2.24, 2.45) is 5.73 Å². The fourth-order valence-corrected chi connectivity index (χ4v) is 0.493. The molecule has 0 spiro atoms. The van der Waals surface area contributed by atoms with Gasteiger partial charge in [-0.3, -0.25) is 0 Å². The monoisotopic (exact) mass is 100 g/mol. The zero-order chi connectivity index (χ0) is 5.54. The van der Waals surface area contributed by atoms with Crippen LogP contribution < -0.4 is 5.73 Å². The molecule has 0 aliphatic carbocycles. The normalized spacial score (nSPS) is 9.43. The van der Waals surface area contributed by atoms with Gasteiger partial charge < -0.3 is 5.73 Å². The standard InChI is InChI=1S/C6H14N/c1-2-3-4-5-6-7/h2H,3-7H2,1H3.